The Morgan fingerprint density at radius 2 is 2.04 bits per heavy atom. The van der Waals surface area contributed by atoms with Gasteiger partial charge in [-0.2, -0.15) is 0 Å². The van der Waals surface area contributed by atoms with Gasteiger partial charge in [0.15, 0.2) is 5.96 Å². The SMILES string of the molecule is CCNC(=NCc1cccc(Br)c1)NCCc1ccccn1.I. The fourth-order valence-electron chi connectivity index (χ4n) is 2.00. The summed E-state index contributed by atoms with van der Waals surface area (Å²) in [7, 11) is 0. The molecule has 1 aromatic carbocycles. The number of aromatic nitrogens is 1. The summed E-state index contributed by atoms with van der Waals surface area (Å²) >= 11 is 3.48. The smallest absolute Gasteiger partial charge is 0.191 e. The Kier molecular flexibility index (Phi) is 9.86. The molecule has 0 amide bonds. The van der Waals surface area contributed by atoms with Gasteiger partial charge in [-0.15, -0.1) is 24.0 Å². The van der Waals surface area contributed by atoms with Crippen LogP contribution in [-0.4, -0.2) is 24.0 Å². The van der Waals surface area contributed by atoms with Gasteiger partial charge in [0.2, 0.25) is 0 Å². The molecule has 0 unspecified atom stereocenters. The first-order chi connectivity index (χ1) is 10.8. The van der Waals surface area contributed by atoms with E-state index in [0.717, 1.165) is 35.6 Å². The van der Waals surface area contributed by atoms with E-state index in [9.17, 15) is 0 Å². The van der Waals surface area contributed by atoms with E-state index >= 15 is 0 Å². The molecular weight excluding hydrogens is 467 g/mol. The Morgan fingerprint density at radius 3 is 2.74 bits per heavy atom. The lowest BCUT2D eigenvalue weighted by molar-refractivity contribution is 0.788. The van der Waals surface area contributed by atoms with Crippen LogP contribution in [-0.2, 0) is 13.0 Å². The van der Waals surface area contributed by atoms with Gasteiger partial charge in [0.25, 0.3) is 0 Å². The van der Waals surface area contributed by atoms with Crippen LogP contribution in [0.2, 0.25) is 0 Å². The minimum absolute atomic E-state index is 0. The predicted octanol–water partition coefficient (Wildman–Crippen LogP) is 3.76. The van der Waals surface area contributed by atoms with E-state index in [4.69, 9.17) is 0 Å². The molecular formula is C17H22BrIN4. The molecule has 1 heterocycles. The number of nitrogens with one attached hydrogen (secondary N) is 2. The molecule has 0 radical (unpaired) electrons. The molecule has 6 heteroatoms. The van der Waals surface area contributed by atoms with Crippen molar-refractivity contribution in [3.05, 3.63) is 64.4 Å². The van der Waals surface area contributed by atoms with Crippen LogP contribution in [0, 0.1) is 0 Å². The normalized spacial score (nSPS) is 10.8. The first-order valence-electron chi connectivity index (χ1n) is 7.44. The molecule has 0 aliphatic heterocycles. The number of aliphatic imine (C=N–C) groups is 1. The quantitative estimate of drug-likeness (QED) is 0.369. The van der Waals surface area contributed by atoms with Gasteiger partial charge in [-0.25, -0.2) is 4.99 Å². The number of guanidine groups is 1. The molecule has 0 saturated carbocycles. The molecule has 2 aromatic rings. The lowest BCUT2D eigenvalue weighted by Gasteiger charge is -2.11. The van der Waals surface area contributed by atoms with E-state index < -0.39 is 0 Å². The van der Waals surface area contributed by atoms with E-state index in [1.165, 1.54) is 5.56 Å². The summed E-state index contributed by atoms with van der Waals surface area (Å²) < 4.78 is 1.08. The average Bonchev–Trinajstić information content (AvgIpc) is 2.54. The zero-order valence-electron chi connectivity index (χ0n) is 13.1. The molecule has 4 nitrogen and oxygen atoms in total. The Hall–Kier alpha value is -1.15. The van der Waals surface area contributed by atoms with Crippen molar-refractivity contribution in [2.24, 2.45) is 4.99 Å². The second-order valence-corrected chi connectivity index (χ2v) is 5.74. The van der Waals surface area contributed by atoms with Crippen LogP contribution < -0.4 is 10.6 Å². The van der Waals surface area contributed by atoms with Crippen LogP contribution in [0.3, 0.4) is 0 Å². The highest BCUT2D eigenvalue weighted by molar-refractivity contribution is 14.0. The monoisotopic (exact) mass is 488 g/mol. The molecule has 0 saturated heterocycles. The first kappa shape index (κ1) is 19.9. The van der Waals surface area contributed by atoms with Crippen LogP contribution in [0.25, 0.3) is 0 Å². The van der Waals surface area contributed by atoms with Crippen LogP contribution in [0.4, 0.5) is 0 Å². The number of rotatable bonds is 6. The summed E-state index contributed by atoms with van der Waals surface area (Å²) in [6.45, 7) is 4.36. The summed E-state index contributed by atoms with van der Waals surface area (Å²) in [6.07, 6.45) is 2.70. The third kappa shape index (κ3) is 7.78. The summed E-state index contributed by atoms with van der Waals surface area (Å²) in [5.74, 6) is 0.832. The van der Waals surface area contributed by atoms with Crippen molar-refractivity contribution in [2.75, 3.05) is 13.1 Å². The molecule has 124 valence electrons. The topological polar surface area (TPSA) is 49.3 Å². The lowest BCUT2D eigenvalue weighted by Crippen LogP contribution is -2.38. The van der Waals surface area contributed by atoms with Crippen LogP contribution in [0.15, 0.2) is 58.1 Å². The van der Waals surface area contributed by atoms with E-state index in [1.807, 2.05) is 36.5 Å². The minimum atomic E-state index is 0. The zero-order valence-corrected chi connectivity index (χ0v) is 17.0. The number of halogens is 2. The van der Waals surface area contributed by atoms with Crippen molar-refractivity contribution < 1.29 is 0 Å². The highest BCUT2D eigenvalue weighted by Crippen LogP contribution is 2.12. The number of pyridine rings is 1. The Morgan fingerprint density at radius 1 is 1.17 bits per heavy atom. The predicted molar refractivity (Wildman–Crippen MR) is 110 cm³/mol. The maximum Gasteiger partial charge on any atom is 0.191 e. The fourth-order valence-corrected chi connectivity index (χ4v) is 2.45. The molecule has 0 fully saturated rings. The highest BCUT2D eigenvalue weighted by Gasteiger charge is 1.99. The summed E-state index contributed by atoms with van der Waals surface area (Å²) in [5, 5.41) is 6.60. The maximum atomic E-state index is 4.61. The van der Waals surface area contributed by atoms with Crippen LogP contribution in [0.1, 0.15) is 18.2 Å². The van der Waals surface area contributed by atoms with Gasteiger partial charge >= 0.3 is 0 Å². The molecule has 2 rings (SSSR count). The Labute approximate surface area is 163 Å². The van der Waals surface area contributed by atoms with Crippen molar-refractivity contribution in [3.8, 4) is 0 Å². The van der Waals surface area contributed by atoms with E-state index in [1.54, 1.807) is 0 Å². The highest BCUT2D eigenvalue weighted by atomic mass is 127. The van der Waals surface area contributed by atoms with E-state index in [2.05, 4.69) is 55.6 Å². The van der Waals surface area contributed by atoms with Crippen molar-refractivity contribution in [1.82, 2.24) is 15.6 Å². The Bertz CT molecular complexity index is 605. The molecule has 1 aromatic heterocycles. The molecule has 0 spiro atoms. The third-order valence-corrected chi connectivity index (χ3v) is 3.55. The number of benzene rings is 1. The minimum Gasteiger partial charge on any atom is -0.357 e. The van der Waals surface area contributed by atoms with Gasteiger partial charge in [0.1, 0.15) is 0 Å². The van der Waals surface area contributed by atoms with Crippen LogP contribution >= 0.6 is 39.9 Å². The van der Waals surface area contributed by atoms with Gasteiger partial charge in [0, 0.05) is 35.9 Å². The van der Waals surface area contributed by atoms with Crippen molar-refractivity contribution >= 4 is 45.9 Å². The van der Waals surface area contributed by atoms with E-state index in [-0.39, 0.29) is 24.0 Å². The largest absolute Gasteiger partial charge is 0.357 e. The van der Waals surface area contributed by atoms with Gasteiger partial charge in [-0.05, 0) is 36.8 Å². The molecule has 0 aliphatic rings. The molecule has 0 aliphatic carbocycles. The molecule has 0 atom stereocenters. The fraction of sp³-hybridized carbons (Fsp3) is 0.294. The van der Waals surface area contributed by atoms with Crippen LogP contribution in [0.5, 0.6) is 0 Å². The lowest BCUT2D eigenvalue weighted by atomic mass is 10.2. The maximum absolute atomic E-state index is 4.61. The number of hydrogen-bond donors (Lipinski definition) is 2. The summed E-state index contributed by atoms with van der Waals surface area (Å²) in [6, 6.07) is 14.2. The third-order valence-electron chi connectivity index (χ3n) is 3.05. The zero-order chi connectivity index (χ0) is 15.6. The standard InChI is InChI=1S/C17H21BrN4.HI/c1-2-19-17(21-11-9-16-8-3-4-10-20-16)22-13-14-6-5-7-15(18)12-14;/h3-8,10,12H,2,9,11,13H2,1H3,(H2,19,21,22);1H. The molecule has 23 heavy (non-hydrogen) atoms. The average molecular weight is 489 g/mol. The first-order valence-corrected chi connectivity index (χ1v) is 8.23. The molecule has 2 N–H and O–H groups in total. The van der Waals surface area contributed by atoms with Gasteiger partial charge in [-0.1, -0.05) is 34.1 Å². The summed E-state index contributed by atoms with van der Waals surface area (Å²) in [4.78, 5) is 8.93. The van der Waals surface area contributed by atoms with Gasteiger partial charge in [0.05, 0.1) is 6.54 Å². The van der Waals surface area contributed by atoms with Gasteiger partial charge < -0.3 is 10.6 Å². The summed E-state index contributed by atoms with van der Waals surface area (Å²) in [5.41, 5.74) is 2.26. The number of hydrogen-bond acceptors (Lipinski definition) is 2. The Balaban J connectivity index is 0.00000264. The second kappa shape index (κ2) is 11.4. The number of nitrogens with zero attached hydrogens (tertiary/aromatic N) is 2. The molecule has 0 bridgehead atoms. The van der Waals surface area contributed by atoms with Gasteiger partial charge in [-0.3, -0.25) is 4.98 Å². The van der Waals surface area contributed by atoms with Crippen molar-refractivity contribution in [3.63, 3.8) is 0 Å². The van der Waals surface area contributed by atoms with E-state index in [0.29, 0.717) is 6.54 Å². The van der Waals surface area contributed by atoms with Crippen molar-refractivity contribution in [2.45, 2.75) is 19.9 Å². The second-order valence-electron chi connectivity index (χ2n) is 4.82. The van der Waals surface area contributed by atoms with Crippen molar-refractivity contribution in [1.29, 1.82) is 0 Å².